The smallest absolute Gasteiger partial charge is 0.319 e. The van der Waals surface area contributed by atoms with E-state index in [2.05, 4.69) is 10.6 Å². The molecule has 2 aliphatic rings. The third kappa shape index (κ3) is 5.94. The summed E-state index contributed by atoms with van der Waals surface area (Å²) in [4.78, 5) is 26.4. The molecule has 2 fully saturated rings. The highest BCUT2D eigenvalue weighted by atomic mass is 32.2. The number of urea groups is 1. The molecule has 2 N–H and O–H groups in total. The van der Waals surface area contributed by atoms with E-state index in [9.17, 15) is 9.59 Å². The third-order valence-electron chi connectivity index (χ3n) is 5.12. The molecule has 1 aromatic carbocycles. The van der Waals surface area contributed by atoms with E-state index in [1.54, 1.807) is 0 Å². The highest BCUT2D eigenvalue weighted by molar-refractivity contribution is 7.99. The van der Waals surface area contributed by atoms with Gasteiger partial charge in [0.05, 0.1) is 6.42 Å². The normalized spacial score (nSPS) is 18.8. The van der Waals surface area contributed by atoms with Crippen LogP contribution in [-0.4, -0.2) is 47.5 Å². The van der Waals surface area contributed by atoms with Crippen molar-refractivity contribution in [2.45, 2.75) is 51.0 Å². The van der Waals surface area contributed by atoms with Crippen LogP contribution in [0.25, 0.3) is 0 Å². The maximum Gasteiger partial charge on any atom is 0.319 e. The van der Waals surface area contributed by atoms with Gasteiger partial charge in [-0.2, -0.15) is 11.8 Å². The van der Waals surface area contributed by atoms with Gasteiger partial charge in [-0.05, 0) is 30.5 Å². The molecule has 6 heteroatoms. The summed E-state index contributed by atoms with van der Waals surface area (Å²) in [6.45, 7) is 1.70. The lowest BCUT2D eigenvalue weighted by atomic mass is 10.1. The number of carbonyl (C=O) groups excluding carboxylic acids is 2. The summed E-state index contributed by atoms with van der Waals surface area (Å²) in [5, 5.41) is 5.99. The number of thioether (sulfide) groups is 1. The van der Waals surface area contributed by atoms with E-state index >= 15 is 0 Å². The summed E-state index contributed by atoms with van der Waals surface area (Å²) in [6, 6.07) is 7.77. The molecule has 142 valence electrons. The molecule has 0 aromatic heterocycles. The average molecular weight is 376 g/mol. The molecule has 26 heavy (non-hydrogen) atoms. The minimum atomic E-state index is -0.133. The molecule has 0 radical (unpaired) electrons. The second-order valence-corrected chi connectivity index (χ2v) is 8.38. The first kappa shape index (κ1) is 19.1. The van der Waals surface area contributed by atoms with Crippen molar-refractivity contribution in [1.29, 1.82) is 0 Å². The number of nitrogens with one attached hydrogen (secondary N) is 2. The molecule has 1 saturated heterocycles. The molecule has 3 rings (SSSR count). The van der Waals surface area contributed by atoms with Crippen molar-refractivity contribution >= 4 is 29.4 Å². The first-order valence-electron chi connectivity index (χ1n) is 9.73. The Hall–Kier alpha value is -1.69. The Bertz CT molecular complexity index is 592. The fraction of sp³-hybridized carbons (Fsp3) is 0.600. The molecule has 1 aromatic rings. The summed E-state index contributed by atoms with van der Waals surface area (Å²) < 4.78 is 0. The monoisotopic (exact) mass is 375 g/mol. The van der Waals surface area contributed by atoms with Crippen LogP contribution in [0, 0.1) is 0 Å². The van der Waals surface area contributed by atoms with Gasteiger partial charge < -0.3 is 15.5 Å². The van der Waals surface area contributed by atoms with Crippen LogP contribution in [0.3, 0.4) is 0 Å². The average Bonchev–Trinajstić information content (AvgIpc) is 2.92. The lowest BCUT2D eigenvalue weighted by molar-refractivity contribution is -0.130. The third-order valence-corrected chi connectivity index (χ3v) is 6.06. The van der Waals surface area contributed by atoms with Crippen LogP contribution in [-0.2, 0) is 11.2 Å². The predicted octanol–water partition coefficient (Wildman–Crippen LogP) is 3.65. The number of hydrogen-bond donors (Lipinski definition) is 2. The molecule has 0 bridgehead atoms. The summed E-state index contributed by atoms with van der Waals surface area (Å²) in [7, 11) is 0. The Kier molecular flexibility index (Phi) is 7.23. The van der Waals surface area contributed by atoms with Gasteiger partial charge in [-0.25, -0.2) is 4.79 Å². The number of hydrogen-bond acceptors (Lipinski definition) is 3. The zero-order valence-corrected chi connectivity index (χ0v) is 16.2. The van der Waals surface area contributed by atoms with Gasteiger partial charge in [-0.3, -0.25) is 4.79 Å². The summed E-state index contributed by atoms with van der Waals surface area (Å²) in [5.41, 5.74) is 1.75. The number of nitrogens with zero attached hydrogens (tertiary/aromatic N) is 1. The fourth-order valence-electron chi connectivity index (χ4n) is 3.58. The highest BCUT2D eigenvalue weighted by Gasteiger charge is 2.17. The van der Waals surface area contributed by atoms with E-state index in [0.29, 0.717) is 6.42 Å². The van der Waals surface area contributed by atoms with Gasteiger partial charge in [0.15, 0.2) is 0 Å². The van der Waals surface area contributed by atoms with Crippen molar-refractivity contribution in [2.24, 2.45) is 0 Å². The van der Waals surface area contributed by atoms with E-state index in [1.807, 2.05) is 40.9 Å². The van der Waals surface area contributed by atoms with Gasteiger partial charge in [0.1, 0.15) is 0 Å². The van der Waals surface area contributed by atoms with Crippen molar-refractivity contribution in [1.82, 2.24) is 10.2 Å². The standard InChI is InChI=1S/C20H29N3O2S/c24-19(23-11-13-26-14-12-23)15-16-7-9-18(10-8-16)22-20(25)21-17-5-3-1-2-4-6-17/h7-10,17H,1-6,11-15H2,(H2,21,22,25). The Morgan fingerprint density at radius 2 is 1.65 bits per heavy atom. The van der Waals surface area contributed by atoms with Crippen LogP contribution in [0.1, 0.15) is 44.1 Å². The van der Waals surface area contributed by atoms with Gasteiger partial charge >= 0.3 is 6.03 Å². The molecule has 0 spiro atoms. The highest BCUT2D eigenvalue weighted by Crippen LogP contribution is 2.18. The number of rotatable bonds is 4. The Morgan fingerprint density at radius 1 is 1.00 bits per heavy atom. The van der Waals surface area contributed by atoms with E-state index in [0.717, 1.165) is 48.7 Å². The minimum absolute atomic E-state index is 0.133. The Labute approximate surface area is 160 Å². The van der Waals surface area contributed by atoms with Gasteiger partial charge in [0.2, 0.25) is 5.91 Å². The van der Waals surface area contributed by atoms with Crippen molar-refractivity contribution in [3.05, 3.63) is 29.8 Å². The molecule has 3 amide bonds. The van der Waals surface area contributed by atoms with Gasteiger partial charge in [-0.15, -0.1) is 0 Å². The van der Waals surface area contributed by atoms with Crippen molar-refractivity contribution in [2.75, 3.05) is 29.9 Å². The lowest BCUT2D eigenvalue weighted by Gasteiger charge is -2.26. The van der Waals surface area contributed by atoms with Crippen LogP contribution in [0.5, 0.6) is 0 Å². The van der Waals surface area contributed by atoms with Gasteiger partial charge in [0, 0.05) is 36.3 Å². The Balaban J connectivity index is 1.46. The van der Waals surface area contributed by atoms with E-state index in [-0.39, 0.29) is 18.0 Å². The fourth-order valence-corrected chi connectivity index (χ4v) is 4.48. The van der Waals surface area contributed by atoms with Crippen LogP contribution >= 0.6 is 11.8 Å². The van der Waals surface area contributed by atoms with Gasteiger partial charge in [-0.1, -0.05) is 37.8 Å². The van der Waals surface area contributed by atoms with Crippen molar-refractivity contribution in [3.8, 4) is 0 Å². The molecular formula is C20H29N3O2S. The number of benzene rings is 1. The lowest BCUT2D eigenvalue weighted by Crippen LogP contribution is -2.38. The second kappa shape index (κ2) is 9.86. The first-order chi connectivity index (χ1) is 12.7. The topological polar surface area (TPSA) is 61.4 Å². The molecule has 1 aliphatic heterocycles. The van der Waals surface area contributed by atoms with Crippen molar-refractivity contribution in [3.63, 3.8) is 0 Å². The molecular weight excluding hydrogens is 346 g/mol. The molecule has 0 atom stereocenters. The quantitative estimate of drug-likeness (QED) is 0.790. The molecule has 0 unspecified atom stereocenters. The van der Waals surface area contributed by atoms with Crippen LogP contribution in [0.2, 0.25) is 0 Å². The maximum atomic E-state index is 12.3. The molecule has 1 saturated carbocycles. The summed E-state index contributed by atoms with van der Waals surface area (Å²) in [5.74, 6) is 2.26. The number of carbonyl (C=O) groups is 2. The van der Waals surface area contributed by atoms with Crippen molar-refractivity contribution < 1.29 is 9.59 Å². The second-order valence-electron chi connectivity index (χ2n) is 7.15. The van der Waals surface area contributed by atoms with Gasteiger partial charge in [0.25, 0.3) is 0 Å². The van der Waals surface area contributed by atoms with E-state index in [4.69, 9.17) is 0 Å². The largest absolute Gasteiger partial charge is 0.341 e. The predicted molar refractivity (Wildman–Crippen MR) is 108 cm³/mol. The van der Waals surface area contributed by atoms with Crippen LogP contribution in [0.15, 0.2) is 24.3 Å². The molecule has 1 aliphatic carbocycles. The molecule has 1 heterocycles. The minimum Gasteiger partial charge on any atom is -0.341 e. The number of amides is 3. The SMILES string of the molecule is O=C(Nc1ccc(CC(=O)N2CCSCC2)cc1)NC1CCCCCC1. The van der Waals surface area contributed by atoms with Crippen LogP contribution in [0.4, 0.5) is 10.5 Å². The summed E-state index contributed by atoms with van der Waals surface area (Å²) >= 11 is 1.90. The molecule has 5 nitrogen and oxygen atoms in total. The van der Waals surface area contributed by atoms with Crippen LogP contribution < -0.4 is 10.6 Å². The summed E-state index contributed by atoms with van der Waals surface area (Å²) in [6.07, 6.45) is 7.52. The zero-order valence-electron chi connectivity index (χ0n) is 15.3. The van der Waals surface area contributed by atoms with E-state index < -0.39 is 0 Å². The van der Waals surface area contributed by atoms with E-state index in [1.165, 1.54) is 25.7 Å². The Morgan fingerprint density at radius 3 is 2.31 bits per heavy atom. The zero-order chi connectivity index (χ0) is 18.2. The maximum absolute atomic E-state index is 12.3. The number of anilines is 1. The first-order valence-corrected chi connectivity index (χ1v) is 10.9.